The Morgan fingerprint density at radius 3 is 2.12 bits per heavy atom. The second kappa shape index (κ2) is 5.54. The summed E-state index contributed by atoms with van der Waals surface area (Å²) >= 11 is 1.27. The first-order valence-corrected chi connectivity index (χ1v) is 8.37. The Labute approximate surface area is 146 Å². The molecule has 1 heterocycles. The zero-order valence-corrected chi connectivity index (χ0v) is 13.6. The summed E-state index contributed by atoms with van der Waals surface area (Å²) in [7, 11) is 0. The number of thiophene rings is 1. The molecule has 1 atom stereocenters. The zero-order valence-electron chi connectivity index (χ0n) is 12.8. The molecule has 124 valence electrons. The van der Waals surface area contributed by atoms with Gasteiger partial charge in [0.05, 0.1) is 11.1 Å². The number of rotatable bonds is 2. The molecule has 5 nitrogen and oxygen atoms in total. The van der Waals surface area contributed by atoms with Crippen LogP contribution in [-0.4, -0.2) is 26.9 Å². The van der Waals surface area contributed by atoms with Gasteiger partial charge in [0.15, 0.2) is 11.6 Å². The van der Waals surface area contributed by atoms with Gasteiger partial charge in [-0.25, -0.2) is 0 Å². The van der Waals surface area contributed by atoms with E-state index >= 15 is 0 Å². The number of phenols is 2. The first kappa shape index (κ1) is 15.6. The highest BCUT2D eigenvalue weighted by Crippen LogP contribution is 2.43. The van der Waals surface area contributed by atoms with Crippen molar-refractivity contribution in [2.45, 2.75) is 6.10 Å². The summed E-state index contributed by atoms with van der Waals surface area (Å²) in [6.07, 6.45) is -1.21. The van der Waals surface area contributed by atoms with E-state index in [0.717, 1.165) is 6.07 Å². The van der Waals surface area contributed by atoms with Crippen molar-refractivity contribution in [2.75, 3.05) is 0 Å². The van der Waals surface area contributed by atoms with Gasteiger partial charge in [-0.1, -0.05) is 30.3 Å². The molecular weight excluding hydrogens is 340 g/mol. The van der Waals surface area contributed by atoms with Crippen LogP contribution < -0.4 is 0 Å². The third kappa shape index (κ3) is 2.19. The lowest BCUT2D eigenvalue weighted by Crippen LogP contribution is -2.22. The molecule has 0 aliphatic heterocycles. The van der Waals surface area contributed by atoms with Gasteiger partial charge < -0.3 is 15.3 Å². The third-order valence-corrected chi connectivity index (χ3v) is 5.21. The predicted octanol–water partition coefficient (Wildman–Crippen LogP) is 3.02. The van der Waals surface area contributed by atoms with E-state index in [4.69, 9.17) is 0 Å². The average molecular weight is 352 g/mol. The summed E-state index contributed by atoms with van der Waals surface area (Å²) in [6.45, 7) is 0. The van der Waals surface area contributed by atoms with E-state index in [1.165, 1.54) is 23.5 Å². The Bertz CT molecular complexity index is 1020. The molecule has 0 spiro atoms. The third-order valence-electron chi connectivity index (χ3n) is 4.29. The van der Waals surface area contributed by atoms with E-state index in [1.807, 2.05) is 0 Å². The number of hydrogen-bond acceptors (Lipinski definition) is 6. The SMILES string of the molecule is O=C1c2ccccc2C(=O)c2c(O)c(C(O)c3cccs3)cc(O)c21. The Morgan fingerprint density at radius 1 is 0.880 bits per heavy atom. The van der Waals surface area contributed by atoms with Crippen LogP contribution in [0, 0.1) is 0 Å². The van der Waals surface area contributed by atoms with Crippen LogP contribution in [0.2, 0.25) is 0 Å². The summed E-state index contributed by atoms with van der Waals surface area (Å²) in [5.74, 6) is -2.01. The van der Waals surface area contributed by atoms with Gasteiger partial charge in [-0.2, -0.15) is 0 Å². The van der Waals surface area contributed by atoms with Crippen molar-refractivity contribution in [1.82, 2.24) is 0 Å². The average Bonchev–Trinajstić information content (AvgIpc) is 3.15. The molecule has 0 saturated heterocycles. The highest BCUT2D eigenvalue weighted by Gasteiger charge is 2.36. The maximum absolute atomic E-state index is 12.8. The van der Waals surface area contributed by atoms with Crippen LogP contribution >= 0.6 is 11.3 Å². The number of aliphatic hydroxyl groups excluding tert-OH is 1. The maximum atomic E-state index is 12.8. The molecule has 2 aromatic carbocycles. The maximum Gasteiger partial charge on any atom is 0.198 e. The molecule has 6 heteroatoms. The number of benzene rings is 2. The Morgan fingerprint density at radius 2 is 1.52 bits per heavy atom. The molecule has 1 unspecified atom stereocenters. The van der Waals surface area contributed by atoms with Crippen LogP contribution in [0.3, 0.4) is 0 Å². The van der Waals surface area contributed by atoms with Gasteiger partial charge in [-0.3, -0.25) is 9.59 Å². The standard InChI is InChI=1S/C19H12O5S/c20-12-8-11(16(21)13-6-3-7-25-13)19(24)15-14(12)17(22)9-4-1-2-5-10(9)18(15)23/h1-8,16,20-21,24H. The fourth-order valence-corrected chi connectivity index (χ4v) is 3.81. The van der Waals surface area contributed by atoms with Gasteiger partial charge in [0.1, 0.15) is 17.6 Å². The lowest BCUT2D eigenvalue weighted by Gasteiger charge is -2.22. The highest BCUT2D eigenvalue weighted by molar-refractivity contribution is 7.10. The molecule has 0 radical (unpaired) electrons. The summed E-state index contributed by atoms with van der Waals surface area (Å²) in [4.78, 5) is 26.0. The first-order chi connectivity index (χ1) is 12.0. The van der Waals surface area contributed by atoms with Gasteiger partial charge in [0, 0.05) is 21.6 Å². The lowest BCUT2D eigenvalue weighted by molar-refractivity contribution is 0.0973. The van der Waals surface area contributed by atoms with Crippen LogP contribution in [0.15, 0.2) is 47.8 Å². The number of aliphatic hydroxyl groups is 1. The van der Waals surface area contributed by atoms with Crippen LogP contribution in [0.25, 0.3) is 0 Å². The van der Waals surface area contributed by atoms with Gasteiger partial charge in [0.25, 0.3) is 0 Å². The molecule has 1 aliphatic rings. The predicted molar refractivity (Wildman–Crippen MR) is 91.5 cm³/mol. The smallest absolute Gasteiger partial charge is 0.198 e. The van der Waals surface area contributed by atoms with E-state index in [0.29, 0.717) is 4.88 Å². The molecule has 1 aliphatic carbocycles. The van der Waals surface area contributed by atoms with Gasteiger partial charge in [-0.05, 0) is 17.5 Å². The summed E-state index contributed by atoms with van der Waals surface area (Å²) in [5.41, 5.74) is -0.171. The second-order valence-electron chi connectivity index (χ2n) is 5.71. The van der Waals surface area contributed by atoms with Gasteiger partial charge in [0.2, 0.25) is 0 Å². The van der Waals surface area contributed by atoms with Crippen LogP contribution in [0.1, 0.15) is 48.4 Å². The van der Waals surface area contributed by atoms with Crippen molar-refractivity contribution in [3.63, 3.8) is 0 Å². The Hall–Kier alpha value is -2.96. The normalized spacial score (nSPS) is 14.1. The van der Waals surface area contributed by atoms with Crippen LogP contribution in [0.4, 0.5) is 0 Å². The number of phenolic OH excluding ortho intramolecular Hbond substituents is 2. The van der Waals surface area contributed by atoms with E-state index in [9.17, 15) is 24.9 Å². The number of carbonyl (C=O) groups excluding carboxylic acids is 2. The van der Waals surface area contributed by atoms with Crippen molar-refractivity contribution < 1.29 is 24.9 Å². The lowest BCUT2D eigenvalue weighted by atomic mass is 9.81. The van der Waals surface area contributed by atoms with Gasteiger partial charge in [-0.15, -0.1) is 11.3 Å². The van der Waals surface area contributed by atoms with Crippen molar-refractivity contribution in [3.05, 3.63) is 80.5 Å². The second-order valence-corrected chi connectivity index (χ2v) is 6.68. The molecule has 25 heavy (non-hydrogen) atoms. The summed E-state index contributed by atoms with van der Waals surface area (Å²) in [5, 5.41) is 33.2. The van der Waals surface area contributed by atoms with Crippen molar-refractivity contribution in [1.29, 1.82) is 0 Å². The summed E-state index contributed by atoms with van der Waals surface area (Å²) in [6, 6.07) is 10.8. The minimum absolute atomic E-state index is 0.0146. The van der Waals surface area contributed by atoms with Crippen LogP contribution in [-0.2, 0) is 0 Å². The monoisotopic (exact) mass is 352 g/mol. The summed E-state index contributed by atoms with van der Waals surface area (Å²) < 4.78 is 0. The quantitative estimate of drug-likeness (QED) is 0.482. The number of hydrogen-bond donors (Lipinski definition) is 3. The molecule has 0 bridgehead atoms. The van der Waals surface area contributed by atoms with E-state index in [2.05, 4.69) is 0 Å². The van der Waals surface area contributed by atoms with E-state index < -0.39 is 29.2 Å². The van der Waals surface area contributed by atoms with Crippen molar-refractivity contribution in [2.24, 2.45) is 0 Å². The molecular formula is C19H12O5S. The largest absolute Gasteiger partial charge is 0.507 e. The molecule has 3 aromatic rings. The molecule has 4 rings (SSSR count). The highest BCUT2D eigenvalue weighted by atomic mass is 32.1. The Balaban J connectivity index is 1.96. The molecule has 0 saturated carbocycles. The molecule has 1 aromatic heterocycles. The number of aromatic hydroxyl groups is 2. The van der Waals surface area contributed by atoms with Gasteiger partial charge >= 0.3 is 0 Å². The number of fused-ring (bicyclic) bond motifs is 2. The number of ketones is 2. The fourth-order valence-electron chi connectivity index (χ4n) is 3.09. The Kier molecular flexibility index (Phi) is 3.45. The van der Waals surface area contributed by atoms with Crippen molar-refractivity contribution >= 4 is 22.9 Å². The molecule has 0 amide bonds. The first-order valence-electron chi connectivity index (χ1n) is 7.49. The minimum Gasteiger partial charge on any atom is -0.507 e. The van der Waals surface area contributed by atoms with Crippen molar-refractivity contribution in [3.8, 4) is 11.5 Å². The van der Waals surface area contributed by atoms with E-state index in [-0.39, 0.29) is 27.8 Å². The fraction of sp³-hybridized carbons (Fsp3) is 0.0526. The topological polar surface area (TPSA) is 94.8 Å². The molecule has 0 fully saturated rings. The molecule has 3 N–H and O–H groups in total. The van der Waals surface area contributed by atoms with E-state index in [1.54, 1.807) is 29.6 Å². The van der Waals surface area contributed by atoms with Crippen LogP contribution in [0.5, 0.6) is 11.5 Å². The number of carbonyl (C=O) groups is 2. The minimum atomic E-state index is -1.21. The zero-order chi connectivity index (χ0) is 17.7.